The van der Waals surface area contributed by atoms with Crippen molar-refractivity contribution in [2.24, 2.45) is 0 Å². The highest BCUT2D eigenvalue weighted by Gasteiger charge is 2.22. The number of quaternary nitrogens is 1. The number of ether oxygens (including phenoxy) is 4. The summed E-state index contributed by atoms with van der Waals surface area (Å²) in [4.78, 5) is 37.1. The first-order chi connectivity index (χ1) is 36.1. The first-order valence-electron chi connectivity index (χ1n) is 31.3. The Morgan fingerprint density at radius 2 is 0.757 bits per heavy atom. The second kappa shape index (κ2) is 56.5. The predicted molar refractivity (Wildman–Crippen MR) is 311 cm³/mol. The molecule has 2 unspecified atom stereocenters. The Labute approximate surface area is 457 Å². The first kappa shape index (κ1) is 71.2. The van der Waals surface area contributed by atoms with Crippen molar-refractivity contribution in [2.45, 2.75) is 302 Å². The van der Waals surface area contributed by atoms with E-state index in [0.29, 0.717) is 17.4 Å². The highest BCUT2D eigenvalue weighted by Crippen LogP contribution is 2.17. The normalized spacial score (nSPS) is 13.0. The van der Waals surface area contributed by atoms with Crippen molar-refractivity contribution in [3.05, 3.63) is 48.6 Å². The minimum atomic E-state index is -1.62. The monoisotopic (exact) mass is 1040 g/mol. The van der Waals surface area contributed by atoms with Gasteiger partial charge in [-0.25, -0.2) is 0 Å². The van der Waals surface area contributed by atoms with Crippen molar-refractivity contribution >= 4 is 17.9 Å². The molecule has 9 nitrogen and oxygen atoms in total. The summed E-state index contributed by atoms with van der Waals surface area (Å²) in [6, 6.07) is 0. The quantitative estimate of drug-likeness (QED) is 0.0195. The minimum absolute atomic E-state index is 0.148. The van der Waals surface area contributed by atoms with Crippen LogP contribution in [0, 0.1) is 0 Å². The van der Waals surface area contributed by atoms with Gasteiger partial charge in [0.05, 0.1) is 40.3 Å². The third kappa shape index (κ3) is 57.0. The zero-order chi connectivity index (χ0) is 54.1. The summed E-state index contributed by atoms with van der Waals surface area (Å²) >= 11 is 0. The number of rotatable bonds is 58. The Hall–Kier alpha value is -2.75. The number of carbonyl (C=O) groups excluding carboxylic acids is 3. The topological polar surface area (TPSA) is 111 Å². The summed E-state index contributed by atoms with van der Waals surface area (Å²) in [6.07, 6.45) is 67.9. The summed E-state index contributed by atoms with van der Waals surface area (Å²) in [7, 11) is 5.92. The van der Waals surface area contributed by atoms with Crippen LogP contribution in [0.3, 0.4) is 0 Å². The van der Waals surface area contributed by atoms with Gasteiger partial charge in [-0.15, -0.1) is 0 Å². The molecular weight excluding hydrogens is 923 g/mol. The lowest BCUT2D eigenvalue weighted by atomic mass is 10.0. The second-order valence-electron chi connectivity index (χ2n) is 22.3. The molecule has 0 aromatic heterocycles. The number of allylic oxidation sites excluding steroid dienone is 8. The fraction of sp³-hybridized carbons (Fsp3) is 0.831. The van der Waals surface area contributed by atoms with Gasteiger partial charge >= 0.3 is 11.9 Å². The molecule has 0 aromatic carbocycles. The smallest absolute Gasteiger partial charge is 0.306 e. The van der Waals surface area contributed by atoms with E-state index in [1.165, 1.54) is 186 Å². The van der Waals surface area contributed by atoms with Crippen molar-refractivity contribution < 1.29 is 42.9 Å². The largest absolute Gasteiger partial charge is 0.545 e. The van der Waals surface area contributed by atoms with Crippen LogP contribution in [0.4, 0.5) is 0 Å². The van der Waals surface area contributed by atoms with E-state index in [4.69, 9.17) is 18.9 Å². The van der Waals surface area contributed by atoms with Gasteiger partial charge in [-0.2, -0.15) is 0 Å². The number of esters is 2. The lowest BCUT2D eigenvalue weighted by molar-refractivity contribution is -0.870. The zero-order valence-electron chi connectivity index (χ0n) is 49.2. The van der Waals surface area contributed by atoms with Crippen molar-refractivity contribution in [1.82, 2.24) is 0 Å². The highest BCUT2D eigenvalue weighted by atomic mass is 16.7. The molecule has 0 saturated heterocycles. The number of hydrogen-bond donors (Lipinski definition) is 0. The second-order valence-corrected chi connectivity index (χ2v) is 22.3. The lowest BCUT2D eigenvalue weighted by Crippen LogP contribution is -2.44. The van der Waals surface area contributed by atoms with Crippen molar-refractivity contribution in [1.29, 1.82) is 0 Å². The summed E-state index contributed by atoms with van der Waals surface area (Å²) in [5.74, 6) is -2.28. The molecule has 432 valence electrons. The molecule has 0 heterocycles. The Morgan fingerprint density at radius 3 is 1.15 bits per heavy atom. The molecule has 9 heteroatoms. The van der Waals surface area contributed by atoms with E-state index >= 15 is 0 Å². The average Bonchev–Trinajstić information content (AvgIpc) is 3.37. The van der Waals surface area contributed by atoms with E-state index < -0.39 is 24.3 Å². The van der Waals surface area contributed by atoms with Crippen LogP contribution in [0.5, 0.6) is 0 Å². The molecule has 0 aliphatic heterocycles. The number of carbonyl (C=O) groups is 3. The molecule has 0 saturated carbocycles. The maximum atomic E-state index is 12.8. The summed E-state index contributed by atoms with van der Waals surface area (Å²) < 4.78 is 22.6. The summed E-state index contributed by atoms with van der Waals surface area (Å²) in [6.45, 7) is 4.68. The molecule has 0 aliphatic rings. The predicted octanol–water partition coefficient (Wildman–Crippen LogP) is 17.3. The van der Waals surface area contributed by atoms with Gasteiger partial charge in [-0.1, -0.05) is 255 Å². The number of carboxylic acids is 1. The molecule has 0 fully saturated rings. The first-order valence-corrected chi connectivity index (χ1v) is 31.3. The Balaban J connectivity index is 3.89. The van der Waals surface area contributed by atoms with Gasteiger partial charge in [0.1, 0.15) is 13.2 Å². The summed E-state index contributed by atoms with van der Waals surface area (Å²) in [5.41, 5.74) is 0. The van der Waals surface area contributed by atoms with Crippen LogP contribution in [-0.4, -0.2) is 82.3 Å². The number of likely N-dealkylation sites (N-methyl/N-ethyl adjacent to an activating group) is 1. The molecule has 74 heavy (non-hydrogen) atoms. The van der Waals surface area contributed by atoms with Crippen molar-refractivity contribution in [3.8, 4) is 0 Å². The Morgan fingerprint density at radius 1 is 0.405 bits per heavy atom. The van der Waals surface area contributed by atoms with E-state index in [0.717, 1.165) is 70.6 Å². The molecular formula is C65H119NO8. The highest BCUT2D eigenvalue weighted by molar-refractivity contribution is 5.70. The van der Waals surface area contributed by atoms with E-state index in [1.54, 1.807) is 0 Å². The van der Waals surface area contributed by atoms with Gasteiger partial charge < -0.3 is 33.3 Å². The van der Waals surface area contributed by atoms with E-state index in [1.807, 2.05) is 21.1 Å². The lowest BCUT2D eigenvalue weighted by Gasteiger charge is -2.26. The standard InChI is InChI=1S/C65H119NO8/c1-6-8-10-12-14-16-18-19-20-21-22-23-24-25-26-27-28-29-30-31-32-33-34-35-36-37-38-39-40-41-42-43-44-45-46-48-50-52-54-56-63(68)74-61(60-73-65(64(69)70)71-58-57-66(3,4)5)59-72-62(67)55-53-51-49-47-17-15-13-11-9-7-2/h11,13,18-19,21-22,24-25,61,65H,6-10,12,14-17,20,23,26-60H2,1-5H3/b13-11-,19-18-,22-21-,25-24-. The molecule has 0 amide bonds. The third-order valence-corrected chi connectivity index (χ3v) is 13.8. The molecule has 0 bridgehead atoms. The number of unbranched alkanes of at least 4 members (excludes halogenated alkanes) is 35. The van der Waals surface area contributed by atoms with Crippen LogP contribution < -0.4 is 5.11 Å². The number of carboxylic acid groups (broad SMARTS) is 1. The maximum absolute atomic E-state index is 12.8. The van der Waals surface area contributed by atoms with Crippen molar-refractivity contribution in [2.75, 3.05) is 47.5 Å². The molecule has 2 atom stereocenters. The molecule has 0 N–H and O–H groups in total. The van der Waals surface area contributed by atoms with Crippen LogP contribution in [0.1, 0.15) is 290 Å². The number of hydrogen-bond acceptors (Lipinski definition) is 8. The van der Waals surface area contributed by atoms with E-state index in [-0.39, 0.29) is 38.6 Å². The van der Waals surface area contributed by atoms with Crippen LogP contribution in [-0.2, 0) is 33.3 Å². The zero-order valence-corrected chi connectivity index (χ0v) is 49.2. The van der Waals surface area contributed by atoms with Gasteiger partial charge in [-0.3, -0.25) is 9.59 Å². The van der Waals surface area contributed by atoms with Gasteiger partial charge in [0.25, 0.3) is 0 Å². The maximum Gasteiger partial charge on any atom is 0.306 e. The molecule has 0 radical (unpaired) electrons. The SMILES string of the molecule is CCC/C=C\CCCCCCCC(=O)OCC(COC(OCC[N+](C)(C)C)C(=O)[O-])OC(=O)CCCCCCCCCCCCCCCCCCCCCCCCCC/C=C\C/C=C\C/C=C\CCCCCCC. The average molecular weight is 1040 g/mol. The van der Waals surface area contributed by atoms with Gasteiger partial charge in [0, 0.05) is 12.8 Å². The molecule has 0 spiro atoms. The van der Waals surface area contributed by atoms with Crippen LogP contribution in [0.15, 0.2) is 48.6 Å². The van der Waals surface area contributed by atoms with Crippen molar-refractivity contribution in [3.63, 3.8) is 0 Å². The Kier molecular flexibility index (Phi) is 54.4. The Bertz CT molecular complexity index is 1350. The third-order valence-electron chi connectivity index (χ3n) is 13.8. The molecule has 0 aliphatic carbocycles. The van der Waals surface area contributed by atoms with Gasteiger partial charge in [0.2, 0.25) is 0 Å². The van der Waals surface area contributed by atoms with Gasteiger partial charge in [0.15, 0.2) is 12.4 Å². The minimum Gasteiger partial charge on any atom is -0.545 e. The fourth-order valence-electron chi connectivity index (χ4n) is 8.96. The van der Waals surface area contributed by atoms with Gasteiger partial charge in [-0.05, 0) is 70.6 Å². The number of nitrogens with zero attached hydrogens (tertiary/aromatic N) is 1. The van der Waals surface area contributed by atoms with E-state index in [2.05, 4.69) is 62.5 Å². The van der Waals surface area contributed by atoms with E-state index in [9.17, 15) is 19.5 Å². The van der Waals surface area contributed by atoms with Crippen LogP contribution in [0.2, 0.25) is 0 Å². The fourth-order valence-corrected chi connectivity index (χ4v) is 8.96. The molecule has 0 aromatic rings. The van der Waals surface area contributed by atoms with Crippen LogP contribution >= 0.6 is 0 Å². The molecule has 0 rings (SSSR count). The number of aliphatic carboxylic acids is 1. The van der Waals surface area contributed by atoms with Crippen LogP contribution in [0.25, 0.3) is 0 Å². The summed E-state index contributed by atoms with van der Waals surface area (Å²) in [5, 5.41) is 11.7.